The number of sulfonamides is 1. The van der Waals surface area contributed by atoms with Crippen molar-refractivity contribution in [2.75, 3.05) is 11.3 Å². The fourth-order valence-corrected chi connectivity index (χ4v) is 5.15. The van der Waals surface area contributed by atoms with Gasteiger partial charge in [0.05, 0.1) is 0 Å². The van der Waals surface area contributed by atoms with Gasteiger partial charge in [0.25, 0.3) is 10.0 Å². The first-order valence-electron chi connectivity index (χ1n) is 8.79. The number of carbonyl (C=O) groups is 2. The summed E-state index contributed by atoms with van der Waals surface area (Å²) in [6.45, 7) is 0.845. The van der Waals surface area contributed by atoms with E-state index in [4.69, 9.17) is 9.84 Å². The monoisotopic (exact) mass is 483 g/mol. The lowest BCUT2D eigenvalue weighted by atomic mass is 10.1. The van der Waals surface area contributed by atoms with E-state index >= 15 is 0 Å². The zero-order valence-corrected chi connectivity index (χ0v) is 17.9. The molecule has 3 rings (SSSR count). The molecule has 0 aliphatic rings. The van der Waals surface area contributed by atoms with Crippen LogP contribution >= 0.6 is 11.3 Å². The molecule has 0 fully saturated rings. The van der Waals surface area contributed by atoms with E-state index < -0.39 is 45.1 Å². The van der Waals surface area contributed by atoms with Crippen LogP contribution in [0.25, 0.3) is 10.4 Å². The second-order valence-electron chi connectivity index (χ2n) is 6.44. The summed E-state index contributed by atoms with van der Waals surface area (Å²) in [5.74, 6) is -5.10. The molecule has 168 valence electrons. The molecule has 32 heavy (non-hydrogen) atoms. The van der Waals surface area contributed by atoms with Crippen molar-refractivity contribution in [2.45, 2.75) is 11.8 Å². The average Bonchev–Trinajstić information content (AvgIpc) is 3.03. The van der Waals surface area contributed by atoms with Crippen LogP contribution in [0.5, 0.6) is 5.75 Å². The largest absolute Gasteiger partial charge is 0.480 e. The number of carboxylic acid groups (broad SMARTS) is 2. The Bertz CT molecular complexity index is 1280. The van der Waals surface area contributed by atoms with Crippen LogP contribution in [0.3, 0.4) is 0 Å². The average molecular weight is 483 g/mol. The third-order valence-corrected chi connectivity index (χ3v) is 6.95. The summed E-state index contributed by atoms with van der Waals surface area (Å²) in [5.41, 5.74) is 0.919. The molecule has 0 saturated carbocycles. The Hall–Kier alpha value is -3.51. The van der Waals surface area contributed by atoms with Gasteiger partial charge in [0.2, 0.25) is 0 Å². The molecule has 0 unspecified atom stereocenters. The standard InChI is InChI=1S/C20H15F2NO7S2/c1-10-16(30-9-15(24)25)18(20(26)27)31-17(10)11-5-7-12(8-6-11)23-32(28,29)19-13(21)3-2-4-14(19)22/h2-8,23H,9H2,1H3,(H,24,25)(H,26,27). The minimum absolute atomic E-state index is 0.0198. The smallest absolute Gasteiger partial charge is 0.349 e. The molecule has 0 aliphatic heterocycles. The quantitative estimate of drug-likeness (QED) is 0.442. The lowest BCUT2D eigenvalue weighted by molar-refractivity contribution is -0.139. The number of aromatic carboxylic acids is 1. The van der Waals surface area contributed by atoms with Crippen LogP contribution in [0, 0.1) is 18.6 Å². The first kappa shape index (κ1) is 23.2. The Kier molecular flexibility index (Phi) is 6.46. The van der Waals surface area contributed by atoms with Crippen LogP contribution in [0.2, 0.25) is 0 Å². The minimum atomic E-state index is -4.54. The number of benzene rings is 2. The number of aliphatic carboxylic acids is 1. The van der Waals surface area contributed by atoms with E-state index in [-0.39, 0.29) is 16.3 Å². The molecule has 1 aromatic heterocycles. The predicted octanol–water partition coefficient (Wildman–Crippen LogP) is 3.96. The van der Waals surface area contributed by atoms with Crippen molar-refractivity contribution in [3.63, 3.8) is 0 Å². The van der Waals surface area contributed by atoms with Crippen LogP contribution in [0.1, 0.15) is 15.2 Å². The van der Waals surface area contributed by atoms with Gasteiger partial charge in [-0.3, -0.25) is 4.72 Å². The summed E-state index contributed by atoms with van der Waals surface area (Å²) in [4.78, 5) is 21.5. The van der Waals surface area contributed by atoms with E-state index in [0.29, 0.717) is 16.0 Å². The van der Waals surface area contributed by atoms with E-state index in [2.05, 4.69) is 4.72 Å². The number of carboxylic acids is 2. The third kappa shape index (κ3) is 4.70. The number of rotatable bonds is 8. The summed E-state index contributed by atoms with van der Waals surface area (Å²) in [7, 11) is -4.54. The van der Waals surface area contributed by atoms with Crippen LogP contribution < -0.4 is 9.46 Å². The van der Waals surface area contributed by atoms with Gasteiger partial charge < -0.3 is 14.9 Å². The predicted molar refractivity (Wildman–Crippen MR) is 112 cm³/mol. The molecule has 0 saturated heterocycles. The molecule has 2 aromatic carbocycles. The first-order valence-corrected chi connectivity index (χ1v) is 11.1. The maximum Gasteiger partial charge on any atom is 0.349 e. The molecular formula is C20H15F2NO7S2. The lowest BCUT2D eigenvalue weighted by Crippen LogP contribution is -2.16. The SMILES string of the molecule is Cc1c(-c2ccc(NS(=O)(=O)c3c(F)cccc3F)cc2)sc(C(=O)O)c1OCC(=O)O. The van der Waals surface area contributed by atoms with Crippen molar-refractivity contribution < 1.29 is 41.7 Å². The molecule has 8 nitrogen and oxygen atoms in total. The molecule has 0 atom stereocenters. The third-order valence-electron chi connectivity index (χ3n) is 4.21. The van der Waals surface area contributed by atoms with Gasteiger partial charge in [-0.2, -0.15) is 0 Å². The number of hydrogen-bond acceptors (Lipinski definition) is 6. The van der Waals surface area contributed by atoms with Crippen molar-refractivity contribution in [2.24, 2.45) is 0 Å². The molecule has 0 spiro atoms. The van der Waals surface area contributed by atoms with E-state index in [1.54, 1.807) is 6.92 Å². The molecule has 0 radical (unpaired) electrons. The van der Waals surface area contributed by atoms with Gasteiger partial charge in [0, 0.05) is 16.1 Å². The van der Waals surface area contributed by atoms with Gasteiger partial charge in [-0.25, -0.2) is 26.8 Å². The zero-order chi connectivity index (χ0) is 23.6. The maximum atomic E-state index is 13.8. The summed E-state index contributed by atoms with van der Waals surface area (Å²) >= 11 is 0.863. The number of hydrogen-bond donors (Lipinski definition) is 3. The van der Waals surface area contributed by atoms with Gasteiger partial charge in [0.1, 0.15) is 17.4 Å². The number of halogens is 2. The molecule has 0 amide bonds. The maximum absolute atomic E-state index is 13.8. The minimum Gasteiger partial charge on any atom is -0.480 e. The van der Waals surface area contributed by atoms with E-state index in [1.807, 2.05) is 0 Å². The van der Waals surface area contributed by atoms with E-state index in [9.17, 15) is 31.9 Å². The van der Waals surface area contributed by atoms with Gasteiger partial charge in [0.15, 0.2) is 16.4 Å². The molecule has 0 aliphatic carbocycles. The fraction of sp³-hybridized carbons (Fsp3) is 0.100. The van der Waals surface area contributed by atoms with Crippen molar-refractivity contribution in [1.82, 2.24) is 0 Å². The fourth-order valence-electron chi connectivity index (χ4n) is 2.86. The van der Waals surface area contributed by atoms with E-state index in [0.717, 1.165) is 29.5 Å². The summed E-state index contributed by atoms with van der Waals surface area (Å²) in [6, 6.07) is 8.31. The van der Waals surface area contributed by atoms with Crippen molar-refractivity contribution in [3.05, 3.63) is 64.5 Å². The number of nitrogens with one attached hydrogen (secondary N) is 1. The number of ether oxygens (including phenoxy) is 1. The van der Waals surface area contributed by atoms with Crippen molar-refractivity contribution in [3.8, 4) is 16.2 Å². The normalized spacial score (nSPS) is 11.2. The van der Waals surface area contributed by atoms with Crippen molar-refractivity contribution in [1.29, 1.82) is 0 Å². The molecular weight excluding hydrogens is 468 g/mol. The lowest BCUT2D eigenvalue weighted by Gasteiger charge is -2.10. The Morgan fingerprint density at radius 3 is 2.19 bits per heavy atom. The summed E-state index contributed by atoms with van der Waals surface area (Å²) in [6.07, 6.45) is 0. The van der Waals surface area contributed by atoms with Gasteiger partial charge in [-0.05, 0) is 36.8 Å². The highest BCUT2D eigenvalue weighted by Gasteiger charge is 2.25. The van der Waals surface area contributed by atoms with E-state index in [1.165, 1.54) is 24.3 Å². The highest BCUT2D eigenvalue weighted by Crippen LogP contribution is 2.41. The van der Waals surface area contributed by atoms with Gasteiger partial charge in [-0.15, -0.1) is 11.3 Å². The summed E-state index contributed by atoms with van der Waals surface area (Å²) in [5, 5.41) is 18.2. The topological polar surface area (TPSA) is 130 Å². The Morgan fingerprint density at radius 1 is 1.06 bits per heavy atom. The highest BCUT2D eigenvalue weighted by molar-refractivity contribution is 7.92. The number of thiophene rings is 1. The Morgan fingerprint density at radius 2 is 1.66 bits per heavy atom. The second kappa shape index (κ2) is 8.93. The molecule has 3 aromatic rings. The van der Waals surface area contributed by atoms with Gasteiger partial charge in [-0.1, -0.05) is 18.2 Å². The Labute approximate surface area is 184 Å². The molecule has 1 heterocycles. The van der Waals surface area contributed by atoms with Crippen LogP contribution in [-0.4, -0.2) is 37.2 Å². The van der Waals surface area contributed by atoms with Gasteiger partial charge >= 0.3 is 11.9 Å². The van der Waals surface area contributed by atoms with Crippen LogP contribution in [-0.2, 0) is 14.8 Å². The molecule has 12 heteroatoms. The van der Waals surface area contributed by atoms with Crippen LogP contribution in [0.15, 0.2) is 47.4 Å². The highest BCUT2D eigenvalue weighted by atomic mass is 32.2. The first-order chi connectivity index (χ1) is 15.0. The van der Waals surface area contributed by atoms with Crippen LogP contribution in [0.4, 0.5) is 14.5 Å². The zero-order valence-electron chi connectivity index (χ0n) is 16.3. The molecule has 0 bridgehead atoms. The Balaban J connectivity index is 1.91. The van der Waals surface area contributed by atoms with Crippen molar-refractivity contribution >= 4 is 39.0 Å². The second-order valence-corrected chi connectivity index (χ2v) is 9.08. The number of anilines is 1. The summed E-state index contributed by atoms with van der Waals surface area (Å²) < 4.78 is 59.7. The molecule has 3 N–H and O–H groups in total.